The van der Waals surface area contributed by atoms with Gasteiger partial charge in [-0.3, -0.25) is 14.5 Å². The zero-order chi connectivity index (χ0) is 20.7. The molecule has 5 nitrogen and oxygen atoms in total. The quantitative estimate of drug-likeness (QED) is 0.695. The van der Waals surface area contributed by atoms with Crippen molar-refractivity contribution in [2.45, 2.75) is 6.92 Å². The van der Waals surface area contributed by atoms with E-state index in [1.54, 1.807) is 18.2 Å². The smallest absolute Gasteiger partial charge is 0.277 e. The van der Waals surface area contributed by atoms with Crippen LogP contribution in [0.1, 0.15) is 11.1 Å². The second kappa shape index (κ2) is 7.73. The average molecular weight is 430 g/mol. The number of halogens is 2. The Morgan fingerprint density at radius 2 is 1.55 bits per heavy atom. The highest BCUT2D eigenvalue weighted by molar-refractivity contribution is 6.41. The Hall–Kier alpha value is -2.50. The van der Waals surface area contributed by atoms with E-state index in [2.05, 4.69) is 30.0 Å². The van der Waals surface area contributed by atoms with Crippen LogP contribution in [0, 0.1) is 6.92 Å². The van der Waals surface area contributed by atoms with E-state index in [0.717, 1.165) is 18.0 Å². The molecule has 29 heavy (non-hydrogen) atoms. The Bertz CT molecular complexity index is 1030. The molecule has 0 saturated carbocycles. The molecule has 0 aliphatic carbocycles. The largest absolute Gasteiger partial charge is 0.368 e. The highest BCUT2D eigenvalue weighted by Gasteiger charge is 2.40. The van der Waals surface area contributed by atoms with Crippen LogP contribution in [0.15, 0.2) is 48.2 Å². The molecule has 2 aliphatic rings. The molecule has 0 N–H and O–H groups in total. The molecule has 2 aliphatic heterocycles. The van der Waals surface area contributed by atoms with Gasteiger partial charge in [0.2, 0.25) is 0 Å². The minimum absolute atomic E-state index is 0.292. The van der Waals surface area contributed by atoms with Crippen LogP contribution < -0.4 is 4.90 Å². The van der Waals surface area contributed by atoms with Gasteiger partial charge >= 0.3 is 0 Å². The summed E-state index contributed by atoms with van der Waals surface area (Å²) in [5.41, 5.74) is 3.69. The van der Waals surface area contributed by atoms with Gasteiger partial charge < -0.3 is 9.80 Å². The second-order valence-electron chi connectivity index (χ2n) is 7.33. The highest BCUT2D eigenvalue weighted by Crippen LogP contribution is 2.36. The fourth-order valence-electron chi connectivity index (χ4n) is 3.87. The van der Waals surface area contributed by atoms with Crippen LogP contribution in [0.5, 0.6) is 0 Å². The molecule has 2 aromatic rings. The van der Waals surface area contributed by atoms with Crippen molar-refractivity contribution in [3.05, 3.63) is 69.3 Å². The number of rotatable bonds is 3. The van der Waals surface area contributed by atoms with Gasteiger partial charge in [0, 0.05) is 49.5 Å². The summed E-state index contributed by atoms with van der Waals surface area (Å²) in [4.78, 5) is 31.2. The zero-order valence-electron chi connectivity index (χ0n) is 16.3. The molecular weight excluding hydrogens is 409 g/mol. The van der Waals surface area contributed by atoms with E-state index in [1.165, 1.54) is 18.3 Å². The maximum atomic E-state index is 12.9. The number of nitrogens with zero attached hydrogens (tertiary/aromatic N) is 3. The van der Waals surface area contributed by atoms with Crippen LogP contribution in [-0.4, -0.2) is 54.8 Å². The first kappa shape index (κ1) is 19.8. The van der Waals surface area contributed by atoms with Crippen molar-refractivity contribution in [1.82, 2.24) is 9.80 Å². The van der Waals surface area contributed by atoms with E-state index in [-0.39, 0.29) is 11.8 Å². The number of aryl methyl sites for hydroxylation is 1. The Balaban J connectivity index is 1.65. The van der Waals surface area contributed by atoms with E-state index < -0.39 is 0 Å². The number of carbonyl (C=O) groups excluding carboxylic acids is 2. The lowest BCUT2D eigenvalue weighted by atomic mass is 10.0. The molecule has 150 valence electrons. The number of hydrogen-bond donors (Lipinski definition) is 0. The highest BCUT2D eigenvalue weighted by atomic mass is 35.5. The van der Waals surface area contributed by atoms with E-state index in [1.807, 2.05) is 11.0 Å². The molecule has 0 unspecified atom stereocenters. The molecule has 0 bridgehead atoms. The third kappa shape index (κ3) is 3.61. The van der Waals surface area contributed by atoms with Gasteiger partial charge in [0.25, 0.3) is 11.8 Å². The fourth-order valence-corrected chi connectivity index (χ4v) is 4.37. The van der Waals surface area contributed by atoms with Gasteiger partial charge in [0.05, 0.1) is 10.6 Å². The summed E-state index contributed by atoms with van der Waals surface area (Å²) in [5.74, 6) is -0.629. The number of benzene rings is 2. The molecule has 0 spiro atoms. The van der Waals surface area contributed by atoms with Crippen molar-refractivity contribution in [3.8, 4) is 0 Å². The molecule has 2 amide bonds. The fraction of sp³-hybridized carbons (Fsp3) is 0.273. The van der Waals surface area contributed by atoms with Crippen molar-refractivity contribution >= 4 is 46.3 Å². The summed E-state index contributed by atoms with van der Waals surface area (Å²) in [7, 11) is 1.50. The van der Waals surface area contributed by atoms with Crippen LogP contribution in [0.3, 0.4) is 0 Å². The number of anilines is 1. The molecular formula is C22H21Cl2N3O2. The first-order valence-electron chi connectivity index (χ1n) is 9.45. The second-order valence-corrected chi connectivity index (χ2v) is 8.17. The molecule has 2 aromatic carbocycles. The standard InChI is InChI=1S/C22H21Cl2N3O2/c1-14-4-3-5-16(12-14)26-8-10-27(11-9-26)20-19(21(28)25(2)22(20)29)17-7-6-15(23)13-18(17)24/h3-7,12-13H,8-11H2,1-2H3. The molecule has 1 saturated heterocycles. The Kier molecular flexibility index (Phi) is 5.28. The van der Waals surface area contributed by atoms with Crippen LogP contribution in [0.25, 0.3) is 5.57 Å². The monoisotopic (exact) mass is 429 g/mol. The van der Waals surface area contributed by atoms with E-state index in [0.29, 0.717) is 40.0 Å². The van der Waals surface area contributed by atoms with Crippen LogP contribution in [-0.2, 0) is 9.59 Å². The van der Waals surface area contributed by atoms with Gasteiger partial charge in [-0.1, -0.05) is 41.4 Å². The third-order valence-electron chi connectivity index (χ3n) is 5.43. The summed E-state index contributed by atoms with van der Waals surface area (Å²) in [5, 5.41) is 0.845. The van der Waals surface area contributed by atoms with Crippen molar-refractivity contribution in [2.75, 3.05) is 38.1 Å². The summed E-state index contributed by atoms with van der Waals surface area (Å²) >= 11 is 12.4. The Morgan fingerprint density at radius 1 is 0.862 bits per heavy atom. The van der Waals surface area contributed by atoms with Crippen molar-refractivity contribution < 1.29 is 9.59 Å². The normalized spacial score (nSPS) is 17.6. The van der Waals surface area contributed by atoms with Crippen molar-refractivity contribution in [1.29, 1.82) is 0 Å². The number of carbonyl (C=O) groups is 2. The first-order chi connectivity index (χ1) is 13.9. The maximum absolute atomic E-state index is 12.9. The predicted octanol–water partition coefficient (Wildman–Crippen LogP) is 3.83. The van der Waals surface area contributed by atoms with Gasteiger partial charge in [-0.25, -0.2) is 0 Å². The lowest BCUT2D eigenvalue weighted by molar-refractivity contribution is -0.135. The molecule has 0 aromatic heterocycles. The van der Waals surface area contributed by atoms with Crippen molar-refractivity contribution in [2.24, 2.45) is 0 Å². The topological polar surface area (TPSA) is 43.9 Å². The Morgan fingerprint density at radius 3 is 2.21 bits per heavy atom. The molecule has 4 rings (SSSR count). The lowest BCUT2D eigenvalue weighted by Gasteiger charge is -2.37. The minimum atomic E-state index is -0.338. The molecule has 0 atom stereocenters. The lowest BCUT2D eigenvalue weighted by Crippen LogP contribution is -2.47. The van der Waals surface area contributed by atoms with Crippen LogP contribution >= 0.6 is 23.2 Å². The zero-order valence-corrected chi connectivity index (χ0v) is 17.8. The average Bonchev–Trinajstić information content (AvgIpc) is 2.92. The summed E-state index contributed by atoms with van der Waals surface area (Å²) in [6.07, 6.45) is 0. The van der Waals surface area contributed by atoms with Gasteiger partial charge in [-0.2, -0.15) is 0 Å². The van der Waals surface area contributed by atoms with E-state index in [4.69, 9.17) is 23.2 Å². The maximum Gasteiger partial charge on any atom is 0.277 e. The molecule has 7 heteroatoms. The van der Waals surface area contributed by atoms with Crippen LogP contribution in [0.4, 0.5) is 5.69 Å². The van der Waals surface area contributed by atoms with Gasteiger partial charge in [-0.05, 0) is 36.8 Å². The van der Waals surface area contributed by atoms with Gasteiger partial charge in [0.1, 0.15) is 5.70 Å². The Labute approximate surface area is 180 Å². The molecule has 1 fully saturated rings. The van der Waals surface area contributed by atoms with Crippen molar-refractivity contribution in [3.63, 3.8) is 0 Å². The van der Waals surface area contributed by atoms with E-state index in [9.17, 15) is 9.59 Å². The summed E-state index contributed by atoms with van der Waals surface area (Å²) in [6.45, 7) is 4.89. The predicted molar refractivity (Wildman–Crippen MR) is 116 cm³/mol. The van der Waals surface area contributed by atoms with Gasteiger partial charge in [-0.15, -0.1) is 0 Å². The summed E-state index contributed by atoms with van der Waals surface area (Å²) < 4.78 is 0. The number of amides is 2. The third-order valence-corrected chi connectivity index (χ3v) is 5.97. The summed E-state index contributed by atoms with van der Waals surface area (Å²) in [6, 6.07) is 13.4. The first-order valence-corrected chi connectivity index (χ1v) is 10.2. The number of likely N-dealkylation sites (N-methyl/N-ethyl adjacent to an activating group) is 1. The number of hydrogen-bond acceptors (Lipinski definition) is 4. The minimum Gasteiger partial charge on any atom is -0.368 e. The van der Waals surface area contributed by atoms with Crippen LogP contribution in [0.2, 0.25) is 10.0 Å². The van der Waals surface area contributed by atoms with E-state index >= 15 is 0 Å². The molecule has 2 heterocycles. The number of imide groups is 1. The number of piperazine rings is 1. The SMILES string of the molecule is Cc1cccc(N2CCN(C3=C(c4ccc(Cl)cc4Cl)C(=O)N(C)C3=O)CC2)c1. The molecule has 0 radical (unpaired) electrons. The van der Waals surface area contributed by atoms with Gasteiger partial charge in [0.15, 0.2) is 0 Å².